The van der Waals surface area contributed by atoms with Gasteiger partial charge in [-0.2, -0.15) is 0 Å². The van der Waals surface area contributed by atoms with E-state index in [4.69, 9.17) is 0 Å². The molecule has 0 spiro atoms. The fourth-order valence-corrected chi connectivity index (χ4v) is 1.97. The van der Waals surface area contributed by atoms with Gasteiger partial charge < -0.3 is 10.2 Å². The highest BCUT2D eigenvalue weighted by molar-refractivity contribution is 5.49. The SMILES string of the molecule is CNC(c1cncnc1)c1cccc(N(C)C)c1. The van der Waals surface area contributed by atoms with E-state index in [0.717, 1.165) is 5.56 Å². The van der Waals surface area contributed by atoms with Crippen molar-refractivity contribution in [3.8, 4) is 0 Å². The van der Waals surface area contributed by atoms with Crippen molar-refractivity contribution < 1.29 is 0 Å². The molecule has 0 radical (unpaired) electrons. The number of rotatable bonds is 4. The lowest BCUT2D eigenvalue weighted by Crippen LogP contribution is -2.18. The van der Waals surface area contributed by atoms with Gasteiger partial charge in [-0.3, -0.25) is 0 Å². The van der Waals surface area contributed by atoms with Crippen molar-refractivity contribution in [3.63, 3.8) is 0 Å². The van der Waals surface area contributed by atoms with Gasteiger partial charge >= 0.3 is 0 Å². The molecule has 1 aromatic heterocycles. The Bertz CT molecular complexity index is 496. The molecule has 0 aliphatic carbocycles. The first-order valence-electron chi connectivity index (χ1n) is 5.92. The van der Waals surface area contributed by atoms with E-state index in [0.29, 0.717) is 0 Å². The molecule has 1 heterocycles. The number of nitrogens with zero attached hydrogens (tertiary/aromatic N) is 3. The fraction of sp³-hybridized carbons (Fsp3) is 0.286. The smallest absolute Gasteiger partial charge is 0.115 e. The summed E-state index contributed by atoms with van der Waals surface area (Å²) in [6, 6.07) is 8.57. The molecule has 1 N–H and O–H groups in total. The van der Waals surface area contributed by atoms with Crippen LogP contribution in [0.1, 0.15) is 17.2 Å². The van der Waals surface area contributed by atoms with Crippen molar-refractivity contribution in [2.75, 3.05) is 26.0 Å². The van der Waals surface area contributed by atoms with Gasteiger partial charge in [0.1, 0.15) is 6.33 Å². The molecule has 18 heavy (non-hydrogen) atoms. The van der Waals surface area contributed by atoms with Gasteiger partial charge in [0.05, 0.1) is 6.04 Å². The lowest BCUT2D eigenvalue weighted by atomic mass is 10.0. The standard InChI is InChI=1S/C14H18N4/c1-15-14(12-8-16-10-17-9-12)11-5-4-6-13(7-11)18(2)3/h4-10,14-15H,1-3H3. The molecule has 0 saturated heterocycles. The van der Waals surface area contributed by atoms with E-state index in [-0.39, 0.29) is 6.04 Å². The van der Waals surface area contributed by atoms with Gasteiger partial charge in [0.2, 0.25) is 0 Å². The molecule has 0 bridgehead atoms. The van der Waals surface area contributed by atoms with Gasteiger partial charge in [-0.25, -0.2) is 9.97 Å². The Balaban J connectivity index is 2.36. The summed E-state index contributed by atoms with van der Waals surface area (Å²) < 4.78 is 0. The first-order valence-corrected chi connectivity index (χ1v) is 5.92. The number of nitrogens with one attached hydrogen (secondary N) is 1. The molecule has 2 aromatic rings. The molecule has 1 atom stereocenters. The van der Waals surface area contributed by atoms with E-state index in [1.807, 2.05) is 33.5 Å². The lowest BCUT2D eigenvalue weighted by Gasteiger charge is -2.19. The molecular formula is C14H18N4. The minimum atomic E-state index is 0.117. The van der Waals surface area contributed by atoms with Crippen molar-refractivity contribution in [1.82, 2.24) is 15.3 Å². The van der Waals surface area contributed by atoms with E-state index >= 15 is 0 Å². The summed E-state index contributed by atoms with van der Waals surface area (Å²) in [4.78, 5) is 10.2. The minimum Gasteiger partial charge on any atom is -0.378 e. The summed E-state index contributed by atoms with van der Waals surface area (Å²) in [5.41, 5.74) is 3.46. The van der Waals surface area contributed by atoms with E-state index in [9.17, 15) is 0 Å². The average Bonchev–Trinajstić information content (AvgIpc) is 2.41. The van der Waals surface area contributed by atoms with Crippen LogP contribution in [-0.2, 0) is 0 Å². The number of benzene rings is 1. The summed E-state index contributed by atoms with van der Waals surface area (Å²) >= 11 is 0. The van der Waals surface area contributed by atoms with Gasteiger partial charge in [0, 0.05) is 37.7 Å². The highest BCUT2D eigenvalue weighted by atomic mass is 15.1. The number of aromatic nitrogens is 2. The van der Waals surface area contributed by atoms with Crippen molar-refractivity contribution >= 4 is 5.69 Å². The van der Waals surface area contributed by atoms with Gasteiger partial charge in [-0.1, -0.05) is 12.1 Å². The van der Waals surface area contributed by atoms with Gasteiger partial charge in [-0.05, 0) is 24.7 Å². The van der Waals surface area contributed by atoms with E-state index < -0.39 is 0 Å². The third kappa shape index (κ3) is 2.65. The monoisotopic (exact) mass is 242 g/mol. The molecule has 94 valence electrons. The van der Waals surface area contributed by atoms with Crippen LogP contribution in [-0.4, -0.2) is 31.1 Å². The predicted octanol–water partition coefficient (Wildman–Crippen LogP) is 1.85. The maximum atomic E-state index is 4.08. The Hall–Kier alpha value is -1.94. The minimum absolute atomic E-state index is 0.117. The molecule has 1 aromatic carbocycles. The second kappa shape index (κ2) is 5.60. The second-order valence-corrected chi connectivity index (χ2v) is 4.38. The average molecular weight is 242 g/mol. The van der Waals surface area contributed by atoms with Crippen LogP contribution in [0.4, 0.5) is 5.69 Å². The van der Waals surface area contributed by atoms with Crippen LogP contribution >= 0.6 is 0 Å². The Morgan fingerprint density at radius 1 is 1.11 bits per heavy atom. The van der Waals surface area contributed by atoms with Crippen molar-refractivity contribution in [1.29, 1.82) is 0 Å². The molecule has 1 unspecified atom stereocenters. The van der Waals surface area contributed by atoms with E-state index in [1.54, 1.807) is 6.33 Å². The first kappa shape index (κ1) is 12.5. The number of hydrogen-bond donors (Lipinski definition) is 1. The van der Waals surface area contributed by atoms with E-state index in [2.05, 4.69) is 44.5 Å². The number of hydrogen-bond acceptors (Lipinski definition) is 4. The Morgan fingerprint density at radius 2 is 1.83 bits per heavy atom. The van der Waals surface area contributed by atoms with Gasteiger partial charge in [0.15, 0.2) is 0 Å². The van der Waals surface area contributed by atoms with E-state index in [1.165, 1.54) is 11.3 Å². The van der Waals surface area contributed by atoms with Gasteiger partial charge in [-0.15, -0.1) is 0 Å². The predicted molar refractivity (Wildman–Crippen MR) is 73.7 cm³/mol. The second-order valence-electron chi connectivity index (χ2n) is 4.38. The number of anilines is 1. The molecule has 0 amide bonds. The summed E-state index contributed by atoms with van der Waals surface area (Å²) in [6.45, 7) is 0. The largest absolute Gasteiger partial charge is 0.378 e. The summed E-state index contributed by atoms with van der Waals surface area (Å²) in [6.07, 6.45) is 5.24. The Morgan fingerprint density at radius 3 is 2.44 bits per heavy atom. The van der Waals surface area contributed by atoms with Crippen molar-refractivity contribution in [3.05, 3.63) is 54.1 Å². The van der Waals surface area contributed by atoms with Crippen LogP contribution < -0.4 is 10.2 Å². The molecule has 4 heteroatoms. The third-order valence-electron chi connectivity index (χ3n) is 2.92. The van der Waals surface area contributed by atoms with Crippen LogP contribution in [0.3, 0.4) is 0 Å². The zero-order valence-corrected chi connectivity index (χ0v) is 11.0. The molecule has 0 fully saturated rings. The normalized spacial score (nSPS) is 12.2. The molecule has 4 nitrogen and oxygen atoms in total. The fourth-order valence-electron chi connectivity index (χ4n) is 1.97. The summed E-state index contributed by atoms with van der Waals surface area (Å²) in [5.74, 6) is 0. The van der Waals surface area contributed by atoms with Crippen LogP contribution in [0.15, 0.2) is 43.0 Å². The molecule has 2 rings (SSSR count). The maximum absolute atomic E-state index is 4.08. The van der Waals surface area contributed by atoms with Crippen molar-refractivity contribution in [2.24, 2.45) is 0 Å². The van der Waals surface area contributed by atoms with Gasteiger partial charge in [0.25, 0.3) is 0 Å². The zero-order chi connectivity index (χ0) is 13.0. The molecule has 0 saturated carbocycles. The Kier molecular flexibility index (Phi) is 3.89. The highest BCUT2D eigenvalue weighted by Gasteiger charge is 2.12. The van der Waals surface area contributed by atoms with Crippen LogP contribution in [0.2, 0.25) is 0 Å². The first-order chi connectivity index (χ1) is 8.72. The van der Waals surface area contributed by atoms with Crippen LogP contribution in [0, 0.1) is 0 Å². The topological polar surface area (TPSA) is 41.1 Å². The molecule has 0 aliphatic heterocycles. The molecule has 0 aliphatic rings. The zero-order valence-electron chi connectivity index (χ0n) is 11.0. The summed E-state index contributed by atoms with van der Waals surface area (Å²) in [5, 5.41) is 3.30. The Labute approximate surface area is 108 Å². The molecular weight excluding hydrogens is 224 g/mol. The lowest BCUT2D eigenvalue weighted by molar-refractivity contribution is 0.684. The summed E-state index contributed by atoms with van der Waals surface area (Å²) in [7, 11) is 6.03. The van der Waals surface area contributed by atoms with Crippen LogP contribution in [0.25, 0.3) is 0 Å². The highest BCUT2D eigenvalue weighted by Crippen LogP contribution is 2.23. The van der Waals surface area contributed by atoms with Crippen LogP contribution in [0.5, 0.6) is 0 Å². The third-order valence-corrected chi connectivity index (χ3v) is 2.92. The quantitative estimate of drug-likeness (QED) is 0.888. The van der Waals surface area contributed by atoms with Crippen molar-refractivity contribution in [2.45, 2.75) is 6.04 Å². The maximum Gasteiger partial charge on any atom is 0.115 e.